The van der Waals surface area contributed by atoms with E-state index in [0.29, 0.717) is 17.2 Å². The summed E-state index contributed by atoms with van der Waals surface area (Å²) in [5.41, 5.74) is 4.59. The lowest BCUT2D eigenvalue weighted by Gasteiger charge is -2.26. The van der Waals surface area contributed by atoms with Crippen molar-refractivity contribution in [3.63, 3.8) is 0 Å². The van der Waals surface area contributed by atoms with E-state index in [2.05, 4.69) is 45.9 Å². The Hall–Kier alpha value is -3.72. The van der Waals surface area contributed by atoms with Gasteiger partial charge in [-0.25, -0.2) is 0 Å². The highest BCUT2D eigenvalue weighted by molar-refractivity contribution is 5.44. The predicted octanol–water partition coefficient (Wildman–Crippen LogP) is 13.1. The van der Waals surface area contributed by atoms with Gasteiger partial charge in [0.25, 0.3) is 0 Å². The lowest BCUT2D eigenvalue weighted by molar-refractivity contribution is 0.453. The minimum atomic E-state index is -0.174. The molecule has 0 bridgehead atoms. The number of unbranched alkanes of at least 4 members (excludes halogenated alkanes) is 12. The fraction of sp³-hybridized carbons (Fsp3) is 0.467. The lowest BCUT2D eigenvalue weighted by Crippen LogP contribution is -2.18. The normalized spacial score (nSPS) is 10.8. The Morgan fingerprint density at radius 1 is 0.438 bits per heavy atom. The van der Waals surface area contributed by atoms with Crippen molar-refractivity contribution in [3.8, 4) is 17.2 Å². The summed E-state index contributed by atoms with van der Waals surface area (Å²) in [4.78, 5) is 0. The van der Waals surface area contributed by atoms with Crippen LogP contribution in [0.5, 0.6) is 17.2 Å². The molecule has 4 aromatic rings. The van der Waals surface area contributed by atoms with Gasteiger partial charge in [-0.05, 0) is 72.7 Å². The van der Waals surface area contributed by atoms with Gasteiger partial charge in [0, 0.05) is 11.0 Å². The molecule has 3 heteroatoms. The molecule has 48 heavy (non-hydrogen) atoms. The van der Waals surface area contributed by atoms with Gasteiger partial charge >= 0.3 is 0 Å². The van der Waals surface area contributed by atoms with Gasteiger partial charge in [0.2, 0.25) is 0 Å². The molecular weight excluding hydrogens is 588 g/mol. The van der Waals surface area contributed by atoms with Crippen molar-refractivity contribution in [2.75, 3.05) is 0 Å². The molecule has 4 rings (SSSR count). The zero-order chi connectivity index (χ0) is 34.9. The highest BCUT2D eigenvalue weighted by atomic mass is 16.3. The van der Waals surface area contributed by atoms with E-state index in [4.69, 9.17) is 5.11 Å². The smallest absolute Gasteiger partial charge is 0.119 e. The summed E-state index contributed by atoms with van der Waals surface area (Å²) < 4.78 is 0. The number of aromatic hydroxyl groups is 3. The van der Waals surface area contributed by atoms with E-state index in [1.807, 2.05) is 60.7 Å². The van der Waals surface area contributed by atoms with Gasteiger partial charge in [0.15, 0.2) is 0 Å². The Balaban J connectivity index is 0.000000250. The average Bonchev–Trinajstić information content (AvgIpc) is 3.09. The summed E-state index contributed by atoms with van der Waals surface area (Å²) in [5.74, 6) is 1.11. The topological polar surface area (TPSA) is 60.7 Å². The van der Waals surface area contributed by atoms with Crippen molar-refractivity contribution in [3.05, 3.63) is 125 Å². The van der Waals surface area contributed by atoms with Crippen LogP contribution in [0.25, 0.3) is 0 Å². The van der Waals surface area contributed by atoms with Gasteiger partial charge in [-0.15, -0.1) is 0 Å². The average molecular weight is 653 g/mol. The summed E-state index contributed by atoms with van der Waals surface area (Å²) >= 11 is 0. The zero-order valence-corrected chi connectivity index (χ0v) is 30.5. The molecule has 0 fully saturated rings. The highest BCUT2D eigenvalue weighted by Gasteiger charge is 2.25. The number of phenolic OH excluding ortho intramolecular Hbond substituents is 3. The quantitative estimate of drug-likeness (QED) is 0.0937. The van der Waals surface area contributed by atoms with Crippen LogP contribution < -0.4 is 0 Å². The molecule has 0 atom stereocenters. The van der Waals surface area contributed by atoms with Crippen LogP contribution in [0.3, 0.4) is 0 Å². The summed E-state index contributed by atoms with van der Waals surface area (Å²) in [5, 5.41) is 28.4. The maximum absolute atomic E-state index is 9.91. The predicted molar refractivity (Wildman–Crippen MR) is 206 cm³/mol. The molecule has 0 amide bonds. The Labute approximate surface area is 293 Å². The fourth-order valence-electron chi connectivity index (χ4n) is 5.96. The summed E-state index contributed by atoms with van der Waals surface area (Å²) in [6.45, 7) is 8.75. The molecule has 0 aliphatic rings. The SMILES string of the molecule is CC(C)(c1ccccc1)c1ccccc1O.CCCCCCCCCc1ccc(O)cc1.CCCCCCCCCc1cccc(O)c1. The Bertz CT molecular complexity index is 1340. The first-order valence-electron chi connectivity index (χ1n) is 18.7. The molecular formula is C45H64O3. The molecule has 0 saturated carbocycles. The molecule has 3 N–H and O–H groups in total. The second kappa shape index (κ2) is 24.4. The van der Waals surface area contributed by atoms with Gasteiger partial charge in [-0.1, -0.05) is 178 Å². The third-order valence-corrected chi connectivity index (χ3v) is 9.06. The molecule has 0 aromatic heterocycles. The minimum absolute atomic E-state index is 0.174. The van der Waals surface area contributed by atoms with Crippen LogP contribution in [0.15, 0.2) is 103 Å². The van der Waals surface area contributed by atoms with Crippen molar-refractivity contribution >= 4 is 0 Å². The molecule has 0 spiro atoms. The summed E-state index contributed by atoms with van der Waals surface area (Å²) in [7, 11) is 0. The molecule has 0 heterocycles. The Morgan fingerprint density at radius 3 is 1.48 bits per heavy atom. The third-order valence-electron chi connectivity index (χ3n) is 9.06. The zero-order valence-electron chi connectivity index (χ0n) is 30.5. The van der Waals surface area contributed by atoms with Crippen molar-refractivity contribution in [1.29, 1.82) is 0 Å². The first-order chi connectivity index (χ1) is 23.3. The number of phenols is 3. The van der Waals surface area contributed by atoms with E-state index >= 15 is 0 Å². The van der Waals surface area contributed by atoms with Crippen molar-refractivity contribution < 1.29 is 15.3 Å². The van der Waals surface area contributed by atoms with Gasteiger partial charge in [0.05, 0.1) is 0 Å². The number of benzene rings is 4. The molecule has 3 nitrogen and oxygen atoms in total. The van der Waals surface area contributed by atoms with Crippen LogP contribution in [0, 0.1) is 0 Å². The second-order valence-electron chi connectivity index (χ2n) is 13.6. The number of rotatable bonds is 18. The van der Waals surface area contributed by atoms with E-state index in [1.54, 1.807) is 24.3 Å². The second-order valence-corrected chi connectivity index (χ2v) is 13.6. The van der Waals surface area contributed by atoms with Gasteiger partial charge in [-0.3, -0.25) is 0 Å². The Morgan fingerprint density at radius 2 is 0.938 bits per heavy atom. The monoisotopic (exact) mass is 652 g/mol. The van der Waals surface area contributed by atoms with E-state index in [0.717, 1.165) is 18.4 Å². The molecule has 0 aliphatic carbocycles. The maximum atomic E-state index is 9.91. The van der Waals surface area contributed by atoms with Crippen LogP contribution in [0.4, 0.5) is 0 Å². The van der Waals surface area contributed by atoms with E-state index in [1.165, 1.54) is 107 Å². The first-order valence-corrected chi connectivity index (χ1v) is 18.7. The van der Waals surface area contributed by atoms with Crippen LogP contribution in [-0.4, -0.2) is 15.3 Å². The van der Waals surface area contributed by atoms with Gasteiger partial charge in [0.1, 0.15) is 17.2 Å². The fourth-order valence-corrected chi connectivity index (χ4v) is 5.96. The number of aryl methyl sites for hydroxylation is 2. The molecule has 0 aliphatic heterocycles. The molecule has 0 saturated heterocycles. The summed E-state index contributed by atoms with van der Waals surface area (Å²) in [6, 6.07) is 33.0. The highest BCUT2D eigenvalue weighted by Crippen LogP contribution is 2.36. The first kappa shape index (κ1) is 40.5. The number of hydrogen-bond donors (Lipinski definition) is 3. The molecule has 0 radical (unpaired) electrons. The van der Waals surface area contributed by atoms with E-state index in [9.17, 15) is 10.2 Å². The number of para-hydroxylation sites is 1. The third kappa shape index (κ3) is 16.9. The molecule has 262 valence electrons. The largest absolute Gasteiger partial charge is 0.508 e. The standard InChI is InChI=1S/C15H16O.2C15H24O/c1-15(2,12-8-4-3-5-9-12)13-10-6-7-11-14(13)16;1-2-3-4-5-6-7-8-10-14-11-9-12-15(16)13-14;1-2-3-4-5-6-7-8-9-14-10-12-15(16)13-11-14/h3-11,16H,1-2H3;9,11-13,16H,2-8,10H2,1H3;10-13,16H,2-9H2,1H3. The van der Waals surface area contributed by atoms with Gasteiger partial charge < -0.3 is 15.3 Å². The maximum Gasteiger partial charge on any atom is 0.119 e. The summed E-state index contributed by atoms with van der Waals surface area (Å²) in [6.07, 6.45) is 21.1. The lowest BCUT2D eigenvalue weighted by atomic mass is 9.78. The van der Waals surface area contributed by atoms with E-state index in [-0.39, 0.29) is 5.41 Å². The van der Waals surface area contributed by atoms with Crippen LogP contribution in [0.2, 0.25) is 0 Å². The van der Waals surface area contributed by atoms with E-state index < -0.39 is 0 Å². The van der Waals surface area contributed by atoms with Crippen molar-refractivity contribution in [2.45, 2.75) is 136 Å². The Kier molecular flexibility index (Phi) is 20.6. The molecule has 0 unspecified atom stereocenters. The molecule has 4 aromatic carbocycles. The minimum Gasteiger partial charge on any atom is -0.508 e. The van der Waals surface area contributed by atoms with Gasteiger partial charge in [-0.2, -0.15) is 0 Å². The number of hydrogen-bond acceptors (Lipinski definition) is 3. The van der Waals surface area contributed by atoms with Crippen LogP contribution in [0.1, 0.15) is 140 Å². The van der Waals surface area contributed by atoms with Crippen LogP contribution in [-0.2, 0) is 18.3 Å². The van der Waals surface area contributed by atoms with Crippen molar-refractivity contribution in [1.82, 2.24) is 0 Å². The van der Waals surface area contributed by atoms with Crippen LogP contribution >= 0.6 is 0 Å². The van der Waals surface area contributed by atoms with Crippen molar-refractivity contribution in [2.24, 2.45) is 0 Å².